The summed E-state index contributed by atoms with van der Waals surface area (Å²) < 4.78 is 0. The van der Waals surface area contributed by atoms with Gasteiger partial charge in [0.25, 0.3) is 0 Å². The second kappa shape index (κ2) is 5.97. The third-order valence-electron chi connectivity index (χ3n) is 2.91. The first kappa shape index (κ1) is 13.7. The number of aryl methyl sites for hydroxylation is 2. The quantitative estimate of drug-likeness (QED) is 0.923. The van der Waals surface area contributed by atoms with Crippen LogP contribution in [0, 0.1) is 13.8 Å². The normalized spacial score (nSPS) is 10.5. The Morgan fingerprint density at radius 2 is 2.16 bits per heavy atom. The first-order chi connectivity index (χ1) is 9.08. The molecule has 0 atom stereocenters. The molecule has 19 heavy (non-hydrogen) atoms. The Hall–Kier alpha value is -1.68. The number of thiazole rings is 1. The second-order valence-corrected chi connectivity index (χ2v) is 5.68. The van der Waals surface area contributed by atoms with Gasteiger partial charge >= 0.3 is 0 Å². The Balaban J connectivity index is 2.15. The first-order valence-corrected chi connectivity index (χ1v) is 7.22. The molecule has 1 N–H and O–H groups in total. The molecule has 3 nitrogen and oxygen atoms in total. The minimum absolute atomic E-state index is 0.0101. The lowest BCUT2D eigenvalue weighted by Gasteiger charge is -2.01. The van der Waals surface area contributed by atoms with Gasteiger partial charge in [-0.15, -0.1) is 11.3 Å². The maximum Gasteiger partial charge on any atom is 0.225 e. The number of nitrogens with zero attached hydrogens (tertiary/aromatic N) is 1. The summed E-state index contributed by atoms with van der Waals surface area (Å²) in [6.07, 6.45) is 1.35. The third kappa shape index (κ3) is 3.64. The van der Waals surface area contributed by atoms with Crippen molar-refractivity contribution in [3.8, 4) is 0 Å². The summed E-state index contributed by atoms with van der Waals surface area (Å²) in [5.74, 6) is 0.0101. The van der Waals surface area contributed by atoms with Crippen LogP contribution in [0.4, 0.5) is 5.13 Å². The van der Waals surface area contributed by atoms with Crippen molar-refractivity contribution in [2.45, 2.75) is 33.6 Å². The van der Waals surface area contributed by atoms with Gasteiger partial charge in [0.2, 0.25) is 5.91 Å². The lowest BCUT2D eigenvalue weighted by Crippen LogP contribution is -2.08. The van der Waals surface area contributed by atoms with Gasteiger partial charge in [-0.1, -0.05) is 36.8 Å². The number of benzene rings is 1. The van der Waals surface area contributed by atoms with E-state index in [-0.39, 0.29) is 5.91 Å². The standard InChI is InChI=1S/C15H18N2OS/c1-4-14(18)17-15-16-11(3)13(19-15)9-12-7-5-6-10(2)8-12/h5-8H,4,9H2,1-3H3,(H,16,17,18). The minimum atomic E-state index is 0.0101. The van der Waals surface area contributed by atoms with Gasteiger partial charge < -0.3 is 5.32 Å². The number of aromatic nitrogens is 1. The highest BCUT2D eigenvalue weighted by Gasteiger charge is 2.10. The van der Waals surface area contributed by atoms with Crippen LogP contribution in [0.2, 0.25) is 0 Å². The van der Waals surface area contributed by atoms with E-state index in [0.717, 1.165) is 12.1 Å². The Morgan fingerprint density at radius 3 is 2.84 bits per heavy atom. The lowest BCUT2D eigenvalue weighted by atomic mass is 10.1. The minimum Gasteiger partial charge on any atom is -0.302 e. The Bertz CT molecular complexity index is 590. The average molecular weight is 274 g/mol. The molecule has 0 unspecified atom stereocenters. The molecule has 2 aromatic rings. The molecule has 0 saturated heterocycles. The molecule has 1 amide bonds. The molecule has 1 heterocycles. The zero-order valence-corrected chi connectivity index (χ0v) is 12.3. The van der Waals surface area contributed by atoms with E-state index in [1.807, 2.05) is 13.8 Å². The average Bonchev–Trinajstić information content (AvgIpc) is 2.69. The summed E-state index contributed by atoms with van der Waals surface area (Å²) in [6.45, 7) is 5.92. The van der Waals surface area contributed by atoms with Crippen LogP contribution in [-0.2, 0) is 11.2 Å². The van der Waals surface area contributed by atoms with Crippen molar-refractivity contribution in [1.82, 2.24) is 4.98 Å². The van der Waals surface area contributed by atoms with Crippen molar-refractivity contribution in [3.63, 3.8) is 0 Å². The Kier molecular flexibility index (Phi) is 4.32. The lowest BCUT2D eigenvalue weighted by molar-refractivity contribution is -0.115. The van der Waals surface area contributed by atoms with E-state index in [2.05, 4.69) is 41.5 Å². The van der Waals surface area contributed by atoms with Gasteiger partial charge in [-0.2, -0.15) is 0 Å². The Labute approximate surface area is 117 Å². The van der Waals surface area contributed by atoms with E-state index in [0.29, 0.717) is 11.6 Å². The zero-order valence-electron chi connectivity index (χ0n) is 11.5. The predicted molar refractivity (Wildman–Crippen MR) is 79.8 cm³/mol. The van der Waals surface area contributed by atoms with Gasteiger partial charge in [-0.05, 0) is 19.4 Å². The molecule has 0 aliphatic heterocycles. The van der Waals surface area contributed by atoms with Gasteiger partial charge in [0.1, 0.15) is 0 Å². The largest absolute Gasteiger partial charge is 0.302 e. The van der Waals surface area contributed by atoms with Gasteiger partial charge in [0.05, 0.1) is 5.69 Å². The van der Waals surface area contributed by atoms with Crippen LogP contribution in [0.5, 0.6) is 0 Å². The van der Waals surface area contributed by atoms with E-state index in [1.165, 1.54) is 16.0 Å². The number of nitrogens with one attached hydrogen (secondary N) is 1. The predicted octanol–water partition coefficient (Wildman–Crippen LogP) is 3.70. The number of amides is 1. The van der Waals surface area contributed by atoms with Gasteiger partial charge in [0.15, 0.2) is 5.13 Å². The molecule has 2 rings (SSSR count). The van der Waals surface area contributed by atoms with Crippen LogP contribution in [0.1, 0.15) is 35.0 Å². The van der Waals surface area contributed by atoms with E-state index >= 15 is 0 Å². The topological polar surface area (TPSA) is 42.0 Å². The molecule has 4 heteroatoms. The third-order valence-corrected chi connectivity index (χ3v) is 3.98. The van der Waals surface area contributed by atoms with Gasteiger partial charge in [-0.25, -0.2) is 4.98 Å². The Morgan fingerprint density at radius 1 is 1.37 bits per heavy atom. The van der Waals surface area contributed by atoms with Crippen LogP contribution < -0.4 is 5.32 Å². The number of hydrogen-bond donors (Lipinski definition) is 1. The smallest absolute Gasteiger partial charge is 0.225 e. The van der Waals surface area contributed by atoms with Crippen LogP contribution in [-0.4, -0.2) is 10.9 Å². The molecule has 0 saturated carbocycles. The second-order valence-electron chi connectivity index (χ2n) is 4.60. The van der Waals surface area contributed by atoms with Crippen molar-refractivity contribution in [1.29, 1.82) is 0 Å². The maximum atomic E-state index is 11.4. The molecule has 1 aromatic heterocycles. The van der Waals surface area contributed by atoms with E-state index in [4.69, 9.17) is 0 Å². The maximum absolute atomic E-state index is 11.4. The highest BCUT2D eigenvalue weighted by molar-refractivity contribution is 7.15. The monoisotopic (exact) mass is 274 g/mol. The number of anilines is 1. The molecule has 0 fully saturated rings. The molecule has 0 spiro atoms. The molecule has 0 aliphatic rings. The zero-order chi connectivity index (χ0) is 13.8. The highest BCUT2D eigenvalue weighted by atomic mass is 32.1. The summed E-state index contributed by atoms with van der Waals surface area (Å²) >= 11 is 1.56. The number of carbonyl (C=O) groups is 1. The number of carbonyl (C=O) groups excluding carboxylic acids is 1. The van der Waals surface area contributed by atoms with Crippen molar-refractivity contribution in [2.75, 3.05) is 5.32 Å². The van der Waals surface area contributed by atoms with Crippen molar-refractivity contribution >= 4 is 22.4 Å². The fraction of sp³-hybridized carbons (Fsp3) is 0.333. The van der Waals surface area contributed by atoms with Gasteiger partial charge in [0, 0.05) is 17.7 Å². The summed E-state index contributed by atoms with van der Waals surface area (Å²) in [5, 5.41) is 3.52. The van der Waals surface area contributed by atoms with Crippen molar-refractivity contribution < 1.29 is 4.79 Å². The highest BCUT2D eigenvalue weighted by Crippen LogP contribution is 2.25. The molecule has 0 bridgehead atoms. The van der Waals surface area contributed by atoms with Crippen LogP contribution in [0.3, 0.4) is 0 Å². The summed E-state index contributed by atoms with van der Waals surface area (Å²) in [6, 6.07) is 8.47. The first-order valence-electron chi connectivity index (χ1n) is 6.40. The molecule has 0 aliphatic carbocycles. The van der Waals surface area contributed by atoms with E-state index < -0.39 is 0 Å². The van der Waals surface area contributed by atoms with E-state index in [1.54, 1.807) is 11.3 Å². The fourth-order valence-electron chi connectivity index (χ4n) is 1.86. The van der Waals surface area contributed by atoms with Crippen molar-refractivity contribution in [3.05, 3.63) is 46.0 Å². The molecule has 100 valence electrons. The molecule has 1 aromatic carbocycles. The molecular formula is C15H18N2OS. The van der Waals surface area contributed by atoms with Crippen molar-refractivity contribution in [2.24, 2.45) is 0 Å². The summed E-state index contributed by atoms with van der Waals surface area (Å²) in [4.78, 5) is 17.0. The summed E-state index contributed by atoms with van der Waals surface area (Å²) in [5.41, 5.74) is 3.54. The SMILES string of the molecule is CCC(=O)Nc1nc(C)c(Cc2cccc(C)c2)s1. The fourth-order valence-corrected chi connectivity index (χ4v) is 2.87. The molecular weight excluding hydrogens is 256 g/mol. The van der Waals surface area contributed by atoms with Crippen LogP contribution in [0.15, 0.2) is 24.3 Å². The van der Waals surface area contributed by atoms with E-state index in [9.17, 15) is 4.79 Å². The van der Waals surface area contributed by atoms with Crippen LogP contribution >= 0.6 is 11.3 Å². The summed E-state index contributed by atoms with van der Waals surface area (Å²) in [7, 11) is 0. The van der Waals surface area contributed by atoms with Gasteiger partial charge in [-0.3, -0.25) is 4.79 Å². The van der Waals surface area contributed by atoms with Crippen LogP contribution in [0.25, 0.3) is 0 Å². The number of rotatable bonds is 4. The number of hydrogen-bond acceptors (Lipinski definition) is 3. The molecule has 0 radical (unpaired) electrons.